The Kier molecular flexibility index (Phi) is 5.23. The number of aromatic nitrogens is 3. The topological polar surface area (TPSA) is 57.0 Å². The van der Waals surface area contributed by atoms with Crippen LogP contribution >= 0.6 is 15.9 Å². The second-order valence-corrected chi connectivity index (χ2v) is 6.24. The third kappa shape index (κ3) is 4.11. The molecule has 0 aliphatic heterocycles. The molecule has 2 aromatic heterocycles. The molecular weight excluding hydrogens is 389 g/mol. The van der Waals surface area contributed by atoms with Crippen molar-refractivity contribution < 1.29 is 9.13 Å². The Bertz CT molecular complexity index is 928. The van der Waals surface area contributed by atoms with Gasteiger partial charge in [0.2, 0.25) is 5.88 Å². The Labute approximate surface area is 152 Å². The van der Waals surface area contributed by atoms with Crippen LogP contribution in [0.15, 0.2) is 58.1 Å². The molecule has 0 unspecified atom stereocenters. The smallest absolute Gasteiger partial charge is 0.272 e. The number of halogens is 2. The molecular formula is C18H15BrFN3O2. The van der Waals surface area contributed by atoms with Gasteiger partial charge in [-0.1, -0.05) is 18.2 Å². The van der Waals surface area contributed by atoms with E-state index in [1.807, 2.05) is 12.1 Å². The summed E-state index contributed by atoms with van der Waals surface area (Å²) in [5, 5.41) is 0. The molecule has 0 aliphatic carbocycles. The van der Waals surface area contributed by atoms with Gasteiger partial charge in [0.05, 0.1) is 6.54 Å². The summed E-state index contributed by atoms with van der Waals surface area (Å²) in [6.07, 6.45) is 3.39. The van der Waals surface area contributed by atoms with Crippen LogP contribution < -0.4 is 10.3 Å². The van der Waals surface area contributed by atoms with Gasteiger partial charge in [0.1, 0.15) is 22.7 Å². The second-order valence-electron chi connectivity index (χ2n) is 5.45. The zero-order valence-electron chi connectivity index (χ0n) is 13.4. The first-order valence-electron chi connectivity index (χ1n) is 7.57. The molecule has 0 amide bonds. The van der Waals surface area contributed by atoms with Gasteiger partial charge in [-0.2, -0.15) is 4.98 Å². The molecule has 3 rings (SSSR count). The quantitative estimate of drug-likeness (QED) is 0.654. The number of nitrogens with zero attached hydrogens (tertiary/aromatic N) is 3. The van der Waals surface area contributed by atoms with Gasteiger partial charge in [-0.15, -0.1) is 0 Å². The van der Waals surface area contributed by atoms with Crippen LogP contribution in [0.2, 0.25) is 0 Å². The summed E-state index contributed by atoms with van der Waals surface area (Å²) in [5.74, 6) is 0.442. The lowest BCUT2D eigenvalue weighted by atomic mass is 10.2. The highest BCUT2D eigenvalue weighted by molar-refractivity contribution is 9.10. The number of aryl methyl sites for hydroxylation is 1. The minimum atomic E-state index is -0.308. The largest absolute Gasteiger partial charge is 0.472 e. The van der Waals surface area contributed by atoms with Crippen LogP contribution in [0.5, 0.6) is 5.88 Å². The molecule has 0 saturated carbocycles. The summed E-state index contributed by atoms with van der Waals surface area (Å²) in [4.78, 5) is 21.0. The standard InChI is InChI=1S/C18H15BrFN3O2/c1-12-22-17(25-11-13-4-6-15(20)7-5-13)16(19)18(24)23(12)10-14-3-2-8-21-9-14/h2-9H,10-11H2,1H3. The average molecular weight is 404 g/mol. The van der Waals surface area contributed by atoms with E-state index in [-0.39, 0.29) is 28.3 Å². The third-order valence-corrected chi connectivity index (χ3v) is 4.31. The molecule has 0 bridgehead atoms. The number of rotatable bonds is 5. The number of ether oxygens (including phenoxy) is 1. The van der Waals surface area contributed by atoms with Gasteiger partial charge < -0.3 is 4.74 Å². The zero-order valence-corrected chi connectivity index (χ0v) is 15.0. The van der Waals surface area contributed by atoms with Crippen molar-refractivity contribution in [2.75, 3.05) is 0 Å². The Morgan fingerprint density at radius 2 is 1.96 bits per heavy atom. The minimum Gasteiger partial charge on any atom is -0.472 e. The molecule has 0 N–H and O–H groups in total. The van der Waals surface area contributed by atoms with Crippen molar-refractivity contribution in [2.45, 2.75) is 20.1 Å². The lowest BCUT2D eigenvalue weighted by Gasteiger charge is -2.13. The fourth-order valence-electron chi connectivity index (χ4n) is 2.30. The van der Waals surface area contributed by atoms with Crippen molar-refractivity contribution in [3.8, 4) is 5.88 Å². The zero-order chi connectivity index (χ0) is 17.8. The van der Waals surface area contributed by atoms with Gasteiger partial charge in [-0.25, -0.2) is 4.39 Å². The maximum Gasteiger partial charge on any atom is 0.272 e. The van der Waals surface area contributed by atoms with E-state index in [9.17, 15) is 9.18 Å². The van der Waals surface area contributed by atoms with Gasteiger partial charge in [0, 0.05) is 12.4 Å². The Morgan fingerprint density at radius 1 is 1.20 bits per heavy atom. The van der Waals surface area contributed by atoms with Crippen LogP contribution in [0.1, 0.15) is 17.0 Å². The van der Waals surface area contributed by atoms with E-state index in [2.05, 4.69) is 25.9 Å². The molecule has 0 fully saturated rings. The molecule has 0 saturated heterocycles. The van der Waals surface area contributed by atoms with Crippen molar-refractivity contribution in [3.63, 3.8) is 0 Å². The van der Waals surface area contributed by atoms with E-state index < -0.39 is 0 Å². The second kappa shape index (κ2) is 7.57. The fourth-order valence-corrected chi connectivity index (χ4v) is 2.72. The maximum atomic E-state index is 12.9. The van der Waals surface area contributed by atoms with E-state index in [1.165, 1.54) is 12.1 Å². The number of hydrogen-bond donors (Lipinski definition) is 0. The van der Waals surface area contributed by atoms with Crippen molar-refractivity contribution in [1.82, 2.24) is 14.5 Å². The first kappa shape index (κ1) is 17.3. The van der Waals surface area contributed by atoms with E-state index in [0.717, 1.165) is 11.1 Å². The molecule has 0 aliphatic rings. The molecule has 1 aromatic carbocycles. The minimum absolute atomic E-state index is 0.192. The molecule has 0 atom stereocenters. The molecule has 0 radical (unpaired) electrons. The third-order valence-electron chi connectivity index (χ3n) is 3.63. The van der Waals surface area contributed by atoms with Gasteiger partial charge in [0.25, 0.3) is 5.56 Å². The van der Waals surface area contributed by atoms with Crippen molar-refractivity contribution >= 4 is 15.9 Å². The summed E-state index contributed by atoms with van der Waals surface area (Å²) < 4.78 is 20.4. The average Bonchev–Trinajstić information content (AvgIpc) is 2.63. The summed E-state index contributed by atoms with van der Waals surface area (Å²) in [6, 6.07) is 9.68. The predicted octanol–water partition coefficient (Wildman–Crippen LogP) is 3.48. The lowest BCUT2D eigenvalue weighted by molar-refractivity contribution is 0.288. The van der Waals surface area contributed by atoms with E-state index in [4.69, 9.17) is 4.74 Å². The highest BCUT2D eigenvalue weighted by atomic mass is 79.9. The highest BCUT2D eigenvalue weighted by Crippen LogP contribution is 2.20. The van der Waals surface area contributed by atoms with Gasteiger partial charge in [0.15, 0.2) is 0 Å². The van der Waals surface area contributed by atoms with E-state index in [0.29, 0.717) is 12.4 Å². The van der Waals surface area contributed by atoms with Gasteiger partial charge in [-0.05, 0) is 52.2 Å². The molecule has 3 aromatic rings. The van der Waals surface area contributed by atoms with Crippen LogP contribution in [0, 0.1) is 12.7 Å². The summed E-state index contributed by atoms with van der Waals surface area (Å²) in [5.41, 5.74) is 1.46. The number of pyridine rings is 1. The molecule has 0 spiro atoms. The van der Waals surface area contributed by atoms with Crippen molar-refractivity contribution in [3.05, 3.63) is 86.4 Å². The molecule has 128 valence electrons. The molecule has 25 heavy (non-hydrogen) atoms. The van der Waals surface area contributed by atoms with E-state index >= 15 is 0 Å². The summed E-state index contributed by atoms with van der Waals surface area (Å²) in [7, 11) is 0. The Balaban J connectivity index is 1.82. The number of benzene rings is 1. The first-order chi connectivity index (χ1) is 12.0. The Morgan fingerprint density at radius 3 is 2.64 bits per heavy atom. The number of hydrogen-bond acceptors (Lipinski definition) is 4. The molecule has 2 heterocycles. The SMILES string of the molecule is Cc1nc(OCc2ccc(F)cc2)c(Br)c(=O)n1Cc1cccnc1. The van der Waals surface area contributed by atoms with Crippen LogP contribution in [-0.4, -0.2) is 14.5 Å². The lowest BCUT2D eigenvalue weighted by Crippen LogP contribution is -2.25. The highest BCUT2D eigenvalue weighted by Gasteiger charge is 2.14. The van der Waals surface area contributed by atoms with Gasteiger partial charge >= 0.3 is 0 Å². The van der Waals surface area contributed by atoms with Crippen LogP contribution in [-0.2, 0) is 13.2 Å². The Hall–Kier alpha value is -2.54. The molecule has 7 heteroatoms. The summed E-state index contributed by atoms with van der Waals surface area (Å²) >= 11 is 3.27. The normalized spacial score (nSPS) is 10.7. The van der Waals surface area contributed by atoms with Crippen LogP contribution in [0.3, 0.4) is 0 Å². The van der Waals surface area contributed by atoms with Crippen LogP contribution in [0.4, 0.5) is 4.39 Å². The van der Waals surface area contributed by atoms with Crippen molar-refractivity contribution in [1.29, 1.82) is 0 Å². The van der Waals surface area contributed by atoms with Crippen molar-refractivity contribution in [2.24, 2.45) is 0 Å². The first-order valence-corrected chi connectivity index (χ1v) is 8.37. The van der Waals surface area contributed by atoms with Crippen LogP contribution in [0.25, 0.3) is 0 Å². The monoisotopic (exact) mass is 403 g/mol. The fraction of sp³-hybridized carbons (Fsp3) is 0.167. The predicted molar refractivity (Wildman–Crippen MR) is 95.0 cm³/mol. The van der Waals surface area contributed by atoms with Gasteiger partial charge in [-0.3, -0.25) is 14.3 Å². The maximum absolute atomic E-state index is 12.9. The van der Waals surface area contributed by atoms with E-state index in [1.54, 1.807) is 36.0 Å². The summed E-state index contributed by atoms with van der Waals surface area (Å²) in [6.45, 7) is 2.31. The molecule has 5 nitrogen and oxygen atoms in total.